The molecule has 1 heterocycles. The molecule has 1 aliphatic rings. The molecule has 1 amide bonds. The summed E-state index contributed by atoms with van der Waals surface area (Å²) in [6.45, 7) is 0. The highest BCUT2D eigenvalue weighted by Gasteiger charge is 2.33. The number of hydrazone groups is 1. The van der Waals surface area contributed by atoms with Crippen molar-refractivity contribution < 1.29 is 14.7 Å². The summed E-state index contributed by atoms with van der Waals surface area (Å²) in [5.41, 5.74) is 4.41. The summed E-state index contributed by atoms with van der Waals surface area (Å²) in [6, 6.07) is 7.84. The number of carbonyl (C=O) groups excluding carboxylic acids is 1. The van der Waals surface area contributed by atoms with Crippen LogP contribution in [-0.4, -0.2) is 48.0 Å². The second kappa shape index (κ2) is 7.17. The highest BCUT2D eigenvalue weighted by molar-refractivity contribution is 8.01. The van der Waals surface area contributed by atoms with E-state index in [1.165, 1.54) is 11.8 Å². The molecule has 1 saturated heterocycles. The molecule has 1 fully saturated rings. The van der Waals surface area contributed by atoms with Crippen LogP contribution < -0.4 is 15.6 Å². The smallest absolute Gasteiger partial charge is 0.305 e. The first kappa shape index (κ1) is 16.2. The van der Waals surface area contributed by atoms with E-state index in [0.717, 1.165) is 11.3 Å². The molecule has 0 aliphatic carbocycles. The lowest BCUT2D eigenvalue weighted by Gasteiger charge is -2.11. The molecule has 0 saturated carbocycles. The van der Waals surface area contributed by atoms with Crippen LogP contribution in [0.1, 0.15) is 12.0 Å². The van der Waals surface area contributed by atoms with E-state index in [2.05, 4.69) is 15.8 Å². The molecule has 0 aromatic heterocycles. The molecular formula is C14H18N4O3S. The lowest BCUT2D eigenvalue weighted by molar-refractivity contribution is -0.138. The van der Waals surface area contributed by atoms with Crippen LogP contribution >= 0.6 is 11.8 Å². The fourth-order valence-corrected chi connectivity index (χ4v) is 2.95. The highest BCUT2D eigenvalue weighted by atomic mass is 32.2. The SMILES string of the molecule is CN(C)c1ccc(C=NNC2NC(=O)C(CC(=O)O)S2)cc1. The number of carbonyl (C=O) groups is 2. The van der Waals surface area contributed by atoms with Gasteiger partial charge in [-0.15, -0.1) is 11.8 Å². The first-order valence-corrected chi connectivity index (χ1v) is 7.63. The van der Waals surface area contributed by atoms with Gasteiger partial charge in [0.15, 0.2) is 5.50 Å². The van der Waals surface area contributed by atoms with E-state index in [0.29, 0.717) is 0 Å². The zero-order valence-corrected chi connectivity index (χ0v) is 13.1. The summed E-state index contributed by atoms with van der Waals surface area (Å²) < 4.78 is 0. The second-order valence-corrected chi connectivity index (χ2v) is 6.30. The number of carboxylic acid groups (broad SMARTS) is 1. The first-order valence-electron chi connectivity index (χ1n) is 6.69. The van der Waals surface area contributed by atoms with E-state index in [-0.39, 0.29) is 12.3 Å². The maximum absolute atomic E-state index is 11.6. The molecular weight excluding hydrogens is 304 g/mol. The van der Waals surface area contributed by atoms with E-state index in [1.54, 1.807) is 6.21 Å². The third kappa shape index (κ3) is 4.39. The Balaban J connectivity index is 1.85. The number of hydrogen-bond acceptors (Lipinski definition) is 6. The number of thioether (sulfide) groups is 1. The zero-order chi connectivity index (χ0) is 16.1. The van der Waals surface area contributed by atoms with Crippen molar-refractivity contribution in [2.45, 2.75) is 17.2 Å². The molecule has 3 N–H and O–H groups in total. The molecule has 0 radical (unpaired) electrons. The molecule has 1 aromatic rings. The van der Waals surface area contributed by atoms with Crippen molar-refractivity contribution in [3.05, 3.63) is 29.8 Å². The Kier molecular flexibility index (Phi) is 5.26. The van der Waals surface area contributed by atoms with Crippen LogP contribution in [0, 0.1) is 0 Å². The predicted molar refractivity (Wildman–Crippen MR) is 87.1 cm³/mol. The Bertz CT molecular complexity index is 574. The first-order chi connectivity index (χ1) is 10.5. The van der Waals surface area contributed by atoms with E-state index in [1.807, 2.05) is 43.3 Å². The number of rotatable bonds is 6. The normalized spacial score (nSPS) is 20.9. The van der Waals surface area contributed by atoms with Crippen LogP contribution in [0.5, 0.6) is 0 Å². The van der Waals surface area contributed by atoms with Crippen molar-refractivity contribution in [3.8, 4) is 0 Å². The van der Waals surface area contributed by atoms with Crippen molar-refractivity contribution >= 4 is 35.5 Å². The zero-order valence-electron chi connectivity index (χ0n) is 12.3. The Labute approximate surface area is 132 Å². The standard InChI is InChI=1S/C14H18N4O3S/c1-18(2)10-5-3-9(4-6-10)8-15-17-14-16-13(21)11(22-14)7-12(19)20/h3-6,8,11,14,17H,7H2,1-2H3,(H,16,21)(H,19,20). The van der Waals surface area contributed by atoms with Gasteiger partial charge in [-0.05, 0) is 17.7 Å². The van der Waals surface area contributed by atoms with Gasteiger partial charge in [0.1, 0.15) is 0 Å². The van der Waals surface area contributed by atoms with Crippen LogP contribution in [0.25, 0.3) is 0 Å². The molecule has 1 aliphatic heterocycles. The number of hydrogen-bond donors (Lipinski definition) is 3. The van der Waals surface area contributed by atoms with Crippen molar-refractivity contribution in [3.63, 3.8) is 0 Å². The summed E-state index contributed by atoms with van der Waals surface area (Å²) in [5.74, 6) is -1.27. The average Bonchev–Trinajstić information content (AvgIpc) is 2.79. The molecule has 8 heteroatoms. The molecule has 0 bridgehead atoms. The molecule has 1 aromatic carbocycles. The molecule has 2 atom stereocenters. The average molecular weight is 322 g/mol. The van der Waals surface area contributed by atoms with Gasteiger partial charge >= 0.3 is 5.97 Å². The molecule has 2 unspecified atom stereocenters. The largest absolute Gasteiger partial charge is 0.481 e. The monoisotopic (exact) mass is 322 g/mol. The van der Waals surface area contributed by atoms with Crippen molar-refractivity contribution in [2.75, 3.05) is 19.0 Å². The molecule has 2 rings (SSSR count). The van der Waals surface area contributed by atoms with Crippen LogP contribution in [0.2, 0.25) is 0 Å². The van der Waals surface area contributed by atoms with Gasteiger partial charge < -0.3 is 15.3 Å². The number of nitrogens with one attached hydrogen (secondary N) is 2. The van der Waals surface area contributed by atoms with Gasteiger partial charge in [-0.25, -0.2) is 0 Å². The Hall–Kier alpha value is -2.22. The number of anilines is 1. The number of amides is 1. The summed E-state index contributed by atoms with van der Waals surface area (Å²) in [5, 5.41) is 14.9. The fraction of sp³-hybridized carbons (Fsp3) is 0.357. The van der Waals surface area contributed by atoms with Gasteiger partial charge in [0, 0.05) is 19.8 Å². The maximum Gasteiger partial charge on any atom is 0.305 e. The van der Waals surface area contributed by atoms with Gasteiger partial charge in [-0.1, -0.05) is 12.1 Å². The Morgan fingerprint density at radius 2 is 2.14 bits per heavy atom. The van der Waals surface area contributed by atoms with E-state index >= 15 is 0 Å². The Morgan fingerprint density at radius 3 is 2.73 bits per heavy atom. The quantitative estimate of drug-likeness (QED) is 0.526. The lowest BCUT2D eigenvalue weighted by Crippen LogP contribution is -2.35. The van der Waals surface area contributed by atoms with Gasteiger partial charge in [0.05, 0.1) is 17.9 Å². The van der Waals surface area contributed by atoms with Crippen molar-refractivity contribution in [1.82, 2.24) is 10.7 Å². The molecule has 7 nitrogen and oxygen atoms in total. The van der Waals surface area contributed by atoms with Crippen LogP contribution in [0.4, 0.5) is 5.69 Å². The van der Waals surface area contributed by atoms with E-state index < -0.39 is 16.7 Å². The van der Waals surface area contributed by atoms with Crippen LogP contribution in [-0.2, 0) is 9.59 Å². The predicted octanol–water partition coefficient (Wildman–Crippen LogP) is 0.666. The molecule has 118 valence electrons. The second-order valence-electron chi connectivity index (χ2n) is 4.98. The summed E-state index contributed by atoms with van der Waals surface area (Å²) in [7, 11) is 3.94. The minimum absolute atomic E-state index is 0.190. The van der Waals surface area contributed by atoms with Crippen molar-refractivity contribution in [2.24, 2.45) is 5.10 Å². The Morgan fingerprint density at radius 1 is 1.45 bits per heavy atom. The van der Waals surface area contributed by atoms with Crippen molar-refractivity contribution in [1.29, 1.82) is 0 Å². The number of nitrogens with zero attached hydrogens (tertiary/aromatic N) is 2. The summed E-state index contributed by atoms with van der Waals surface area (Å²) in [4.78, 5) is 24.2. The lowest BCUT2D eigenvalue weighted by atomic mass is 10.2. The van der Waals surface area contributed by atoms with Gasteiger partial charge in [-0.3, -0.25) is 15.0 Å². The topological polar surface area (TPSA) is 94.0 Å². The van der Waals surface area contributed by atoms with E-state index in [4.69, 9.17) is 5.11 Å². The minimum atomic E-state index is -0.988. The molecule has 0 spiro atoms. The molecule has 22 heavy (non-hydrogen) atoms. The van der Waals surface area contributed by atoms with Crippen LogP contribution in [0.3, 0.4) is 0 Å². The van der Waals surface area contributed by atoms with Gasteiger partial charge in [0.2, 0.25) is 5.91 Å². The maximum atomic E-state index is 11.6. The number of carboxylic acids is 1. The summed E-state index contributed by atoms with van der Waals surface area (Å²) >= 11 is 1.22. The third-order valence-electron chi connectivity index (χ3n) is 3.04. The van der Waals surface area contributed by atoms with Crippen LogP contribution in [0.15, 0.2) is 29.4 Å². The minimum Gasteiger partial charge on any atom is -0.481 e. The fourth-order valence-electron chi connectivity index (χ4n) is 1.88. The number of benzene rings is 1. The summed E-state index contributed by atoms with van der Waals surface area (Å²) in [6.07, 6.45) is 1.46. The third-order valence-corrected chi connectivity index (χ3v) is 4.25. The van der Waals surface area contributed by atoms with E-state index in [9.17, 15) is 9.59 Å². The van der Waals surface area contributed by atoms with Gasteiger partial charge in [0.25, 0.3) is 0 Å². The number of aliphatic carboxylic acids is 1. The van der Waals surface area contributed by atoms with Gasteiger partial charge in [-0.2, -0.15) is 5.10 Å². The highest BCUT2D eigenvalue weighted by Crippen LogP contribution is 2.24.